The largest absolute Gasteiger partial charge is 0.376 e. The van der Waals surface area contributed by atoms with E-state index in [4.69, 9.17) is 4.74 Å². The van der Waals surface area contributed by atoms with E-state index >= 15 is 0 Å². The van der Waals surface area contributed by atoms with Crippen LogP contribution in [-0.2, 0) is 11.2 Å². The molecule has 1 heterocycles. The lowest BCUT2D eigenvalue weighted by molar-refractivity contribution is 0.0783. The van der Waals surface area contributed by atoms with E-state index in [1.165, 1.54) is 44.1 Å². The summed E-state index contributed by atoms with van der Waals surface area (Å²) in [7, 11) is 0. The SMILES string of the molecule is c1ccc2c(c1)CCCC2NC1CCOC1C1CC1. The first-order valence-electron chi connectivity index (χ1n) is 7.87. The summed E-state index contributed by atoms with van der Waals surface area (Å²) in [4.78, 5) is 0. The zero-order valence-electron chi connectivity index (χ0n) is 11.5. The van der Waals surface area contributed by atoms with Crippen LogP contribution in [0.2, 0.25) is 0 Å². The average Bonchev–Trinajstić information content (AvgIpc) is 3.20. The second kappa shape index (κ2) is 4.92. The molecule has 1 aromatic carbocycles. The van der Waals surface area contributed by atoms with Gasteiger partial charge in [-0.3, -0.25) is 0 Å². The molecular formula is C17H23NO. The number of ether oxygens (including phenoxy) is 1. The van der Waals surface area contributed by atoms with Crippen LogP contribution in [0, 0.1) is 5.92 Å². The molecule has 2 aliphatic carbocycles. The van der Waals surface area contributed by atoms with E-state index < -0.39 is 0 Å². The van der Waals surface area contributed by atoms with Crippen LogP contribution < -0.4 is 5.32 Å². The Bertz CT molecular complexity index is 454. The first kappa shape index (κ1) is 11.9. The highest BCUT2D eigenvalue weighted by molar-refractivity contribution is 5.32. The summed E-state index contributed by atoms with van der Waals surface area (Å²) < 4.78 is 5.96. The lowest BCUT2D eigenvalue weighted by Gasteiger charge is -2.31. The second-order valence-electron chi connectivity index (χ2n) is 6.38. The normalized spacial score (nSPS) is 34.2. The molecule has 4 rings (SSSR count). The highest BCUT2D eigenvalue weighted by Gasteiger charge is 2.41. The molecule has 3 unspecified atom stereocenters. The monoisotopic (exact) mass is 257 g/mol. The van der Waals surface area contributed by atoms with Crippen molar-refractivity contribution in [3.8, 4) is 0 Å². The molecule has 0 amide bonds. The molecule has 102 valence electrons. The first-order chi connectivity index (χ1) is 9.42. The molecule has 3 aliphatic rings. The molecular weight excluding hydrogens is 234 g/mol. The van der Waals surface area contributed by atoms with Gasteiger partial charge >= 0.3 is 0 Å². The van der Waals surface area contributed by atoms with E-state index in [2.05, 4.69) is 29.6 Å². The third kappa shape index (κ3) is 2.32. The molecule has 1 saturated carbocycles. The minimum absolute atomic E-state index is 0.495. The van der Waals surface area contributed by atoms with E-state index in [1.807, 2.05) is 0 Å². The van der Waals surface area contributed by atoms with Crippen LogP contribution in [0.15, 0.2) is 24.3 Å². The zero-order chi connectivity index (χ0) is 12.7. The molecule has 2 nitrogen and oxygen atoms in total. The quantitative estimate of drug-likeness (QED) is 0.897. The minimum atomic E-state index is 0.495. The lowest BCUT2D eigenvalue weighted by Crippen LogP contribution is -2.40. The molecule has 19 heavy (non-hydrogen) atoms. The topological polar surface area (TPSA) is 21.3 Å². The maximum absolute atomic E-state index is 5.96. The first-order valence-corrected chi connectivity index (χ1v) is 7.87. The van der Waals surface area contributed by atoms with Gasteiger partial charge in [0.05, 0.1) is 6.10 Å². The number of nitrogens with one attached hydrogen (secondary N) is 1. The van der Waals surface area contributed by atoms with E-state index in [0.717, 1.165) is 12.5 Å². The molecule has 0 aromatic heterocycles. The standard InChI is InChI=1S/C17H23NO/c1-2-6-14-12(4-1)5-3-7-15(14)18-16-10-11-19-17(16)13-8-9-13/h1-2,4,6,13,15-18H,3,5,7-11H2. The predicted octanol–water partition coefficient (Wildman–Crippen LogP) is 3.22. The fraction of sp³-hybridized carbons (Fsp3) is 0.647. The fourth-order valence-electron chi connectivity index (χ4n) is 3.86. The molecule has 0 spiro atoms. The Morgan fingerprint density at radius 3 is 2.84 bits per heavy atom. The zero-order valence-corrected chi connectivity index (χ0v) is 11.5. The molecule has 2 fully saturated rings. The van der Waals surface area contributed by atoms with Crippen LogP contribution in [0.25, 0.3) is 0 Å². The molecule has 2 heteroatoms. The minimum Gasteiger partial charge on any atom is -0.376 e. The van der Waals surface area contributed by atoms with Gasteiger partial charge in [-0.1, -0.05) is 24.3 Å². The summed E-state index contributed by atoms with van der Waals surface area (Å²) in [5.41, 5.74) is 3.09. The van der Waals surface area contributed by atoms with Crippen LogP contribution in [-0.4, -0.2) is 18.8 Å². The summed E-state index contributed by atoms with van der Waals surface area (Å²) in [6, 6.07) is 10.1. The Labute approximate surface area is 115 Å². The van der Waals surface area contributed by atoms with Crippen molar-refractivity contribution in [1.29, 1.82) is 0 Å². The van der Waals surface area contributed by atoms with Crippen molar-refractivity contribution in [3.05, 3.63) is 35.4 Å². The average molecular weight is 257 g/mol. The highest BCUT2D eigenvalue weighted by atomic mass is 16.5. The van der Waals surface area contributed by atoms with Gasteiger partial charge in [-0.2, -0.15) is 0 Å². The van der Waals surface area contributed by atoms with Gasteiger partial charge in [0.2, 0.25) is 0 Å². The van der Waals surface area contributed by atoms with Crippen molar-refractivity contribution in [2.75, 3.05) is 6.61 Å². The fourth-order valence-corrected chi connectivity index (χ4v) is 3.86. The number of hydrogen-bond acceptors (Lipinski definition) is 2. The maximum Gasteiger partial charge on any atom is 0.0757 e. The number of fused-ring (bicyclic) bond motifs is 1. The third-order valence-electron chi connectivity index (χ3n) is 5.01. The Morgan fingerprint density at radius 1 is 1.05 bits per heavy atom. The predicted molar refractivity (Wildman–Crippen MR) is 76.1 cm³/mol. The van der Waals surface area contributed by atoms with Gasteiger partial charge in [-0.05, 0) is 55.6 Å². The number of rotatable bonds is 3. The van der Waals surface area contributed by atoms with Crippen molar-refractivity contribution >= 4 is 0 Å². The van der Waals surface area contributed by atoms with Crippen molar-refractivity contribution in [2.45, 2.75) is 56.7 Å². The molecule has 1 N–H and O–H groups in total. The smallest absolute Gasteiger partial charge is 0.0757 e. The molecule has 3 atom stereocenters. The summed E-state index contributed by atoms with van der Waals surface area (Å²) in [6.07, 6.45) is 8.30. The highest BCUT2D eigenvalue weighted by Crippen LogP contribution is 2.40. The maximum atomic E-state index is 5.96. The summed E-state index contributed by atoms with van der Waals surface area (Å²) >= 11 is 0. The van der Waals surface area contributed by atoms with Crippen molar-refractivity contribution in [1.82, 2.24) is 5.32 Å². The summed E-state index contributed by atoms with van der Waals surface area (Å²) in [6.45, 7) is 0.952. The second-order valence-corrected chi connectivity index (χ2v) is 6.38. The molecule has 1 aliphatic heterocycles. The van der Waals surface area contributed by atoms with E-state index in [-0.39, 0.29) is 0 Å². The Hall–Kier alpha value is -0.860. The lowest BCUT2D eigenvalue weighted by atomic mass is 9.87. The van der Waals surface area contributed by atoms with Gasteiger partial charge in [-0.25, -0.2) is 0 Å². The summed E-state index contributed by atoms with van der Waals surface area (Å²) in [5, 5.41) is 3.92. The van der Waals surface area contributed by atoms with Crippen LogP contribution in [0.3, 0.4) is 0 Å². The molecule has 0 bridgehead atoms. The number of hydrogen-bond donors (Lipinski definition) is 1. The van der Waals surface area contributed by atoms with Crippen LogP contribution in [0.1, 0.15) is 49.3 Å². The third-order valence-corrected chi connectivity index (χ3v) is 5.01. The molecule has 0 radical (unpaired) electrons. The Balaban J connectivity index is 1.51. The van der Waals surface area contributed by atoms with Gasteiger partial charge in [-0.15, -0.1) is 0 Å². The van der Waals surface area contributed by atoms with Gasteiger partial charge < -0.3 is 10.1 Å². The van der Waals surface area contributed by atoms with Gasteiger partial charge in [0.15, 0.2) is 0 Å². The van der Waals surface area contributed by atoms with Crippen molar-refractivity contribution < 1.29 is 4.74 Å². The van der Waals surface area contributed by atoms with Gasteiger partial charge in [0.25, 0.3) is 0 Å². The van der Waals surface area contributed by atoms with Crippen molar-refractivity contribution in [3.63, 3.8) is 0 Å². The van der Waals surface area contributed by atoms with Crippen molar-refractivity contribution in [2.24, 2.45) is 5.92 Å². The van der Waals surface area contributed by atoms with Crippen LogP contribution in [0.5, 0.6) is 0 Å². The van der Waals surface area contributed by atoms with E-state index in [0.29, 0.717) is 18.2 Å². The van der Waals surface area contributed by atoms with E-state index in [9.17, 15) is 0 Å². The molecule has 1 saturated heterocycles. The summed E-state index contributed by atoms with van der Waals surface area (Å²) in [5.74, 6) is 0.846. The van der Waals surface area contributed by atoms with Crippen LogP contribution in [0.4, 0.5) is 0 Å². The Morgan fingerprint density at radius 2 is 1.95 bits per heavy atom. The number of benzene rings is 1. The van der Waals surface area contributed by atoms with Gasteiger partial charge in [0, 0.05) is 18.7 Å². The van der Waals surface area contributed by atoms with Crippen LogP contribution >= 0.6 is 0 Å². The molecule has 1 aromatic rings. The van der Waals surface area contributed by atoms with Gasteiger partial charge in [0.1, 0.15) is 0 Å². The van der Waals surface area contributed by atoms with E-state index in [1.54, 1.807) is 5.56 Å². The number of aryl methyl sites for hydroxylation is 1. The Kier molecular flexibility index (Phi) is 3.08.